The van der Waals surface area contributed by atoms with E-state index in [9.17, 15) is 0 Å². The van der Waals surface area contributed by atoms with E-state index in [1.54, 1.807) is 0 Å². The Hall–Kier alpha value is -0.980. The topological polar surface area (TPSA) is 26.0 Å². The van der Waals surface area contributed by atoms with Gasteiger partial charge >= 0.3 is 0 Å². The molecule has 1 atom stereocenters. The lowest BCUT2D eigenvalue weighted by molar-refractivity contribution is 0.590. The van der Waals surface area contributed by atoms with Crippen LogP contribution in [0.2, 0.25) is 0 Å². The highest BCUT2D eigenvalue weighted by Crippen LogP contribution is 2.31. The number of anilines is 1. The smallest absolute Gasteiger partial charge is 0.0317 e. The van der Waals surface area contributed by atoms with Crippen molar-refractivity contribution in [3.8, 4) is 0 Å². The highest BCUT2D eigenvalue weighted by atomic mass is 14.5. The van der Waals surface area contributed by atoms with Crippen LogP contribution in [0.25, 0.3) is 0 Å². The van der Waals surface area contributed by atoms with Crippen molar-refractivity contribution in [1.29, 1.82) is 0 Å². The van der Waals surface area contributed by atoms with E-state index >= 15 is 0 Å². The van der Waals surface area contributed by atoms with Gasteiger partial charge in [0.25, 0.3) is 0 Å². The van der Waals surface area contributed by atoms with Crippen molar-refractivity contribution >= 4 is 5.69 Å². The van der Waals surface area contributed by atoms with E-state index < -0.39 is 0 Å². The lowest BCUT2D eigenvalue weighted by atomic mass is 9.84. The number of fused-ring (bicyclic) bond motifs is 1. The van der Waals surface area contributed by atoms with Gasteiger partial charge in [0.15, 0.2) is 0 Å². The van der Waals surface area contributed by atoms with Crippen LogP contribution in [0.5, 0.6) is 0 Å². The van der Waals surface area contributed by atoms with Gasteiger partial charge in [0.05, 0.1) is 0 Å². The molecule has 0 amide bonds. The SMILES string of the molecule is C[C@@H]1CCCc2ccc(N)cc21. The lowest BCUT2D eigenvalue weighted by Crippen LogP contribution is -2.07. The molecule has 0 saturated carbocycles. The first-order valence-electron chi connectivity index (χ1n) is 4.65. The minimum atomic E-state index is 0.706. The lowest BCUT2D eigenvalue weighted by Gasteiger charge is -2.22. The third-order valence-corrected chi connectivity index (χ3v) is 2.78. The van der Waals surface area contributed by atoms with Gasteiger partial charge in [0, 0.05) is 5.69 Å². The van der Waals surface area contributed by atoms with Crippen molar-refractivity contribution in [1.82, 2.24) is 0 Å². The molecule has 1 aromatic carbocycles. The second kappa shape index (κ2) is 2.81. The number of nitrogen functional groups attached to an aromatic ring is 1. The summed E-state index contributed by atoms with van der Waals surface area (Å²) >= 11 is 0. The second-order valence-electron chi connectivity index (χ2n) is 3.75. The van der Waals surface area contributed by atoms with Crippen LogP contribution in [0.3, 0.4) is 0 Å². The van der Waals surface area contributed by atoms with Crippen molar-refractivity contribution < 1.29 is 0 Å². The van der Waals surface area contributed by atoms with Crippen LogP contribution in [-0.2, 0) is 6.42 Å². The van der Waals surface area contributed by atoms with E-state index in [0.29, 0.717) is 5.92 Å². The van der Waals surface area contributed by atoms with Gasteiger partial charge in [-0.15, -0.1) is 0 Å². The molecule has 0 aromatic heterocycles. The molecule has 1 heteroatoms. The first-order valence-corrected chi connectivity index (χ1v) is 4.65. The summed E-state index contributed by atoms with van der Waals surface area (Å²) in [4.78, 5) is 0. The monoisotopic (exact) mass is 161 g/mol. The second-order valence-corrected chi connectivity index (χ2v) is 3.75. The molecule has 0 heterocycles. The first kappa shape index (κ1) is 7.66. The fraction of sp³-hybridized carbons (Fsp3) is 0.455. The molecule has 1 aliphatic carbocycles. The summed E-state index contributed by atoms with van der Waals surface area (Å²) in [5.74, 6) is 0.706. The molecule has 0 saturated heterocycles. The van der Waals surface area contributed by atoms with Gasteiger partial charge in [-0.2, -0.15) is 0 Å². The normalized spacial score (nSPS) is 21.9. The molecule has 0 aliphatic heterocycles. The average molecular weight is 161 g/mol. The Morgan fingerprint density at radius 2 is 2.25 bits per heavy atom. The molecule has 64 valence electrons. The van der Waals surface area contributed by atoms with Crippen molar-refractivity contribution in [2.45, 2.75) is 32.1 Å². The predicted molar refractivity (Wildman–Crippen MR) is 52.2 cm³/mol. The number of rotatable bonds is 0. The van der Waals surface area contributed by atoms with Gasteiger partial charge in [0.2, 0.25) is 0 Å². The van der Waals surface area contributed by atoms with Crippen LogP contribution in [0, 0.1) is 0 Å². The van der Waals surface area contributed by atoms with Crippen LogP contribution in [0.15, 0.2) is 18.2 Å². The van der Waals surface area contributed by atoms with Crippen molar-refractivity contribution in [3.05, 3.63) is 29.3 Å². The van der Waals surface area contributed by atoms with Crippen LogP contribution >= 0.6 is 0 Å². The standard InChI is InChI=1S/C11H15N/c1-8-3-2-4-9-5-6-10(12)7-11(8)9/h5-8H,2-4,12H2,1H3/t8-/m1/s1. The molecule has 12 heavy (non-hydrogen) atoms. The molecule has 2 rings (SSSR count). The largest absolute Gasteiger partial charge is 0.399 e. The van der Waals surface area contributed by atoms with E-state index in [4.69, 9.17) is 5.73 Å². The maximum atomic E-state index is 5.74. The highest BCUT2D eigenvalue weighted by Gasteiger charge is 2.15. The van der Waals surface area contributed by atoms with E-state index in [0.717, 1.165) is 5.69 Å². The Labute approximate surface area is 73.6 Å². The van der Waals surface area contributed by atoms with Crippen molar-refractivity contribution in [3.63, 3.8) is 0 Å². The molecule has 1 nitrogen and oxygen atoms in total. The number of nitrogens with two attached hydrogens (primary N) is 1. The molecule has 0 bridgehead atoms. The Bertz CT molecular complexity index is 291. The highest BCUT2D eigenvalue weighted by molar-refractivity contribution is 5.46. The van der Waals surface area contributed by atoms with Crippen LogP contribution in [-0.4, -0.2) is 0 Å². The fourth-order valence-electron chi connectivity index (χ4n) is 2.05. The molecule has 1 aliphatic rings. The van der Waals surface area contributed by atoms with Gasteiger partial charge < -0.3 is 5.73 Å². The third-order valence-electron chi connectivity index (χ3n) is 2.78. The molecule has 0 radical (unpaired) electrons. The molecule has 1 aromatic rings. The van der Waals surface area contributed by atoms with Gasteiger partial charge in [-0.1, -0.05) is 13.0 Å². The zero-order chi connectivity index (χ0) is 8.55. The maximum Gasteiger partial charge on any atom is 0.0317 e. The van der Waals surface area contributed by atoms with Gasteiger partial charge in [-0.05, 0) is 48.4 Å². The first-order chi connectivity index (χ1) is 5.77. The summed E-state index contributed by atoms with van der Waals surface area (Å²) < 4.78 is 0. The van der Waals surface area contributed by atoms with E-state index in [-0.39, 0.29) is 0 Å². The minimum absolute atomic E-state index is 0.706. The molecule has 0 spiro atoms. The zero-order valence-electron chi connectivity index (χ0n) is 7.51. The number of hydrogen-bond acceptors (Lipinski definition) is 1. The number of benzene rings is 1. The molecular weight excluding hydrogens is 146 g/mol. The van der Waals surface area contributed by atoms with Gasteiger partial charge in [-0.3, -0.25) is 0 Å². The van der Waals surface area contributed by atoms with Crippen molar-refractivity contribution in [2.75, 3.05) is 5.73 Å². The quantitative estimate of drug-likeness (QED) is 0.582. The molecule has 0 fully saturated rings. The van der Waals surface area contributed by atoms with E-state index in [1.807, 2.05) is 6.07 Å². The van der Waals surface area contributed by atoms with Crippen LogP contribution in [0.1, 0.15) is 36.8 Å². The van der Waals surface area contributed by atoms with Gasteiger partial charge in [-0.25, -0.2) is 0 Å². The average Bonchev–Trinajstić information content (AvgIpc) is 2.07. The number of hydrogen-bond donors (Lipinski definition) is 1. The van der Waals surface area contributed by atoms with Gasteiger partial charge in [0.1, 0.15) is 0 Å². The Morgan fingerprint density at radius 1 is 1.42 bits per heavy atom. The third kappa shape index (κ3) is 1.20. The minimum Gasteiger partial charge on any atom is -0.399 e. The number of aryl methyl sites for hydroxylation is 1. The summed E-state index contributed by atoms with van der Waals surface area (Å²) in [6, 6.07) is 6.33. The summed E-state index contributed by atoms with van der Waals surface area (Å²) in [5, 5.41) is 0. The van der Waals surface area contributed by atoms with E-state index in [1.165, 1.54) is 30.4 Å². The molecular formula is C11H15N. The predicted octanol–water partition coefficient (Wildman–Crippen LogP) is 2.71. The zero-order valence-corrected chi connectivity index (χ0v) is 7.51. The Balaban J connectivity index is 2.47. The van der Waals surface area contributed by atoms with Crippen LogP contribution in [0.4, 0.5) is 5.69 Å². The Kier molecular flexibility index (Phi) is 1.80. The van der Waals surface area contributed by atoms with E-state index in [2.05, 4.69) is 19.1 Å². The van der Waals surface area contributed by atoms with Crippen molar-refractivity contribution in [2.24, 2.45) is 0 Å². The molecule has 2 N–H and O–H groups in total. The maximum absolute atomic E-state index is 5.74. The summed E-state index contributed by atoms with van der Waals surface area (Å²) in [6.07, 6.45) is 3.88. The van der Waals surface area contributed by atoms with Crippen LogP contribution < -0.4 is 5.73 Å². The Morgan fingerprint density at radius 3 is 3.08 bits per heavy atom. The fourth-order valence-corrected chi connectivity index (χ4v) is 2.05. The molecule has 0 unspecified atom stereocenters. The summed E-state index contributed by atoms with van der Waals surface area (Å²) in [6.45, 7) is 2.29. The summed E-state index contributed by atoms with van der Waals surface area (Å²) in [5.41, 5.74) is 9.63. The summed E-state index contributed by atoms with van der Waals surface area (Å²) in [7, 11) is 0.